The maximum Gasteiger partial charge on any atom is 0.244 e. The zero-order chi connectivity index (χ0) is 14.0. The van der Waals surface area contributed by atoms with E-state index >= 15 is 0 Å². The van der Waals surface area contributed by atoms with E-state index in [2.05, 4.69) is 10.4 Å². The first kappa shape index (κ1) is 14.3. The SMILES string of the molecule is Cc1c(Cl)cnn1[C@@H](C)C(=O)N[C@@H](C)[C@@H]1CCCO1. The first-order chi connectivity index (χ1) is 9.00. The average Bonchev–Trinajstić information content (AvgIpc) is 3.00. The van der Waals surface area contributed by atoms with Crippen molar-refractivity contribution in [1.29, 1.82) is 0 Å². The molecule has 0 spiro atoms. The number of nitrogens with zero attached hydrogens (tertiary/aromatic N) is 2. The Bertz CT molecular complexity index is 455. The molecule has 19 heavy (non-hydrogen) atoms. The lowest BCUT2D eigenvalue weighted by Gasteiger charge is -2.22. The van der Waals surface area contributed by atoms with Gasteiger partial charge in [0.2, 0.25) is 5.91 Å². The zero-order valence-electron chi connectivity index (χ0n) is 11.5. The minimum absolute atomic E-state index is 0.0174. The van der Waals surface area contributed by atoms with E-state index in [0.717, 1.165) is 25.1 Å². The second-order valence-electron chi connectivity index (χ2n) is 5.05. The second kappa shape index (κ2) is 5.92. The molecular formula is C13H20ClN3O2. The Balaban J connectivity index is 1.97. The third kappa shape index (κ3) is 3.09. The van der Waals surface area contributed by atoms with E-state index in [4.69, 9.17) is 16.3 Å². The van der Waals surface area contributed by atoms with Gasteiger partial charge in [-0.15, -0.1) is 0 Å². The molecule has 1 aromatic heterocycles. The Morgan fingerprint density at radius 2 is 2.37 bits per heavy atom. The second-order valence-corrected chi connectivity index (χ2v) is 5.45. The van der Waals surface area contributed by atoms with Crippen molar-refractivity contribution in [2.75, 3.05) is 6.61 Å². The van der Waals surface area contributed by atoms with E-state index in [1.165, 1.54) is 0 Å². The van der Waals surface area contributed by atoms with Crippen LogP contribution in [0, 0.1) is 6.92 Å². The standard InChI is InChI=1S/C13H20ClN3O2/c1-8(12-5-4-6-19-12)16-13(18)10(3)17-9(2)11(14)7-15-17/h7-8,10,12H,4-6H2,1-3H3,(H,16,18)/t8-,10-,12-/m0/s1. The van der Waals surface area contributed by atoms with Gasteiger partial charge in [-0.1, -0.05) is 11.6 Å². The highest BCUT2D eigenvalue weighted by Crippen LogP contribution is 2.19. The maximum atomic E-state index is 12.2. The third-order valence-corrected chi connectivity index (χ3v) is 3.99. The molecule has 0 saturated carbocycles. The molecule has 1 fully saturated rings. The number of amides is 1. The van der Waals surface area contributed by atoms with E-state index in [1.54, 1.807) is 10.9 Å². The summed E-state index contributed by atoms with van der Waals surface area (Å²) in [5.41, 5.74) is 0.800. The van der Waals surface area contributed by atoms with Gasteiger partial charge < -0.3 is 10.1 Å². The molecule has 2 rings (SSSR count). The summed E-state index contributed by atoms with van der Waals surface area (Å²) in [5.74, 6) is -0.0640. The lowest BCUT2D eigenvalue weighted by Crippen LogP contribution is -2.43. The summed E-state index contributed by atoms with van der Waals surface area (Å²) in [4.78, 5) is 12.2. The highest BCUT2D eigenvalue weighted by molar-refractivity contribution is 6.31. The fourth-order valence-electron chi connectivity index (χ4n) is 2.34. The highest BCUT2D eigenvalue weighted by atomic mass is 35.5. The minimum atomic E-state index is -0.378. The molecule has 106 valence electrons. The van der Waals surface area contributed by atoms with E-state index in [9.17, 15) is 4.79 Å². The van der Waals surface area contributed by atoms with Gasteiger partial charge in [-0.2, -0.15) is 5.10 Å². The van der Waals surface area contributed by atoms with E-state index < -0.39 is 0 Å². The van der Waals surface area contributed by atoms with Gasteiger partial charge in [-0.25, -0.2) is 0 Å². The van der Waals surface area contributed by atoms with Crippen molar-refractivity contribution in [3.8, 4) is 0 Å². The van der Waals surface area contributed by atoms with E-state index in [-0.39, 0.29) is 24.1 Å². The summed E-state index contributed by atoms with van der Waals surface area (Å²) < 4.78 is 7.21. The molecule has 0 bridgehead atoms. The first-order valence-corrected chi connectivity index (χ1v) is 7.00. The number of aromatic nitrogens is 2. The van der Waals surface area contributed by atoms with E-state index in [0.29, 0.717) is 5.02 Å². The number of nitrogens with one attached hydrogen (secondary N) is 1. The predicted octanol–water partition coefficient (Wildman–Crippen LogP) is 2.09. The van der Waals surface area contributed by atoms with Crippen LogP contribution in [0.25, 0.3) is 0 Å². The van der Waals surface area contributed by atoms with Gasteiger partial charge in [0.15, 0.2) is 0 Å². The number of ether oxygens (including phenoxy) is 1. The van der Waals surface area contributed by atoms with Crippen molar-refractivity contribution in [1.82, 2.24) is 15.1 Å². The molecule has 5 nitrogen and oxygen atoms in total. The van der Waals surface area contributed by atoms with Crippen molar-refractivity contribution in [3.05, 3.63) is 16.9 Å². The lowest BCUT2D eigenvalue weighted by atomic mass is 10.1. The van der Waals surface area contributed by atoms with E-state index in [1.807, 2.05) is 20.8 Å². The number of hydrogen-bond donors (Lipinski definition) is 1. The van der Waals surface area contributed by atoms with Crippen molar-refractivity contribution >= 4 is 17.5 Å². The molecule has 3 atom stereocenters. The number of hydrogen-bond acceptors (Lipinski definition) is 3. The summed E-state index contributed by atoms with van der Waals surface area (Å²) in [6.07, 6.45) is 3.75. The van der Waals surface area contributed by atoms with Crippen LogP contribution in [-0.2, 0) is 9.53 Å². The Labute approximate surface area is 118 Å². The Morgan fingerprint density at radius 1 is 1.63 bits per heavy atom. The third-order valence-electron chi connectivity index (χ3n) is 3.62. The molecule has 1 saturated heterocycles. The number of carbonyl (C=O) groups is 1. The smallest absolute Gasteiger partial charge is 0.244 e. The minimum Gasteiger partial charge on any atom is -0.376 e. The van der Waals surface area contributed by atoms with Gasteiger partial charge in [-0.05, 0) is 33.6 Å². The summed E-state index contributed by atoms with van der Waals surface area (Å²) >= 11 is 5.95. The number of halogens is 1. The molecule has 1 aliphatic rings. The molecule has 0 aromatic carbocycles. The quantitative estimate of drug-likeness (QED) is 0.922. The van der Waals surface area contributed by atoms with Crippen LogP contribution in [0.2, 0.25) is 5.02 Å². The molecule has 1 aliphatic heterocycles. The average molecular weight is 286 g/mol. The highest BCUT2D eigenvalue weighted by Gasteiger charge is 2.26. The van der Waals surface area contributed by atoms with Gasteiger partial charge in [0.05, 0.1) is 29.1 Å². The predicted molar refractivity (Wildman–Crippen MR) is 73.3 cm³/mol. The van der Waals surface area contributed by atoms with Crippen LogP contribution in [0.3, 0.4) is 0 Å². The van der Waals surface area contributed by atoms with Gasteiger partial charge >= 0.3 is 0 Å². The molecule has 1 aromatic rings. The topological polar surface area (TPSA) is 56.2 Å². The maximum absolute atomic E-state index is 12.2. The van der Waals surface area contributed by atoms with Gasteiger partial charge in [0.1, 0.15) is 6.04 Å². The molecule has 2 heterocycles. The Hall–Kier alpha value is -1.07. The molecule has 6 heteroatoms. The van der Waals surface area contributed by atoms with Crippen LogP contribution in [0.15, 0.2) is 6.20 Å². The molecule has 1 amide bonds. The van der Waals surface area contributed by atoms with Crippen LogP contribution in [-0.4, -0.2) is 34.4 Å². The normalized spacial score (nSPS) is 22.2. The monoisotopic (exact) mass is 285 g/mol. The van der Waals surface area contributed by atoms with Crippen molar-refractivity contribution in [2.24, 2.45) is 0 Å². The van der Waals surface area contributed by atoms with Crippen molar-refractivity contribution < 1.29 is 9.53 Å². The summed E-state index contributed by atoms with van der Waals surface area (Å²) in [5, 5.41) is 7.70. The first-order valence-electron chi connectivity index (χ1n) is 6.62. The fourth-order valence-corrected chi connectivity index (χ4v) is 2.47. The zero-order valence-corrected chi connectivity index (χ0v) is 12.3. The van der Waals surface area contributed by atoms with Gasteiger partial charge in [0.25, 0.3) is 0 Å². The fraction of sp³-hybridized carbons (Fsp3) is 0.692. The van der Waals surface area contributed by atoms with Crippen LogP contribution < -0.4 is 5.32 Å². The van der Waals surface area contributed by atoms with Gasteiger partial charge in [0, 0.05) is 6.61 Å². The summed E-state index contributed by atoms with van der Waals surface area (Å²) in [6.45, 7) is 6.42. The van der Waals surface area contributed by atoms with Crippen LogP contribution >= 0.6 is 11.6 Å². The molecular weight excluding hydrogens is 266 g/mol. The lowest BCUT2D eigenvalue weighted by molar-refractivity contribution is -0.125. The van der Waals surface area contributed by atoms with Crippen molar-refractivity contribution in [2.45, 2.75) is 51.8 Å². The Kier molecular flexibility index (Phi) is 4.47. The molecule has 0 aliphatic carbocycles. The summed E-state index contributed by atoms with van der Waals surface area (Å²) in [6, 6.07) is -0.361. The van der Waals surface area contributed by atoms with Gasteiger partial charge in [-0.3, -0.25) is 9.48 Å². The number of rotatable bonds is 4. The largest absolute Gasteiger partial charge is 0.376 e. The Morgan fingerprint density at radius 3 is 2.89 bits per heavy atom. The molecule has 0 unspecified atom stereocenters. The molecule has 0 radical (unpaired) electrons. The van der Waals surface area contributed by atoms with Crippen LogP contribution in [0.4, 0.5) is 0 Å². The van der Waals surface area contributed by atoms with Crippen molar-refractivity contribution in [3.63, 3.8) is 0 Å². The molecule has 1 N–H and O–H groups in total. The van der Waals surface area contributed by atoms with Crippen LogP contribution in [0.1, 0.15) is 38.4 Å². The number of carbonyl (C=O) groups excluding carboxylic acids is 1. The van der Waals surface area contributed by atoms with Crippen LogP contribution in [0.5, 0.6) is 0 Å². The summed E-state index contributed by atoms with van der Waals surface area (Å²) in [7, 11) is 0.